The van der Waals surface area contributed by atoms with Crippen LogP contribution in [0.25, 0.3) is 11.1 Å². The Morgan fingerprint density at radius 2 is 1.07 bits per heavy atom. The monoisotopic (exact) mass is 526 g/mol. The predicted octanol–water partition coefficient (Wildman–Crippen LogP) is 7.09. The van der Waals surface area contributed by atoms with Crippen molar-refractivity contribution in [1.29, 1.82) is 0 Å². The van der Waals surface area contributed by atoms with Crippen molar-refractivity contribution in [2.45, 2.75) is 26.2 Å². The maximum absolute atomic E-state index is 11.8. The number of hydrogen-bond acceptors (Lipinski definition) is 4. The van der Waals surface area contributed by atoms with Gasteiger partial charge in [0.2, 0.25) is 0 Å². The van der Waals surface area contributed by atoms with Gasteiger partial charge in [0.25, 0.3) is 0 Å². The molecule has 0 aliphatic heterocycles. The number of rotatable bonds is 5. The van der Waals surface area contributed by atoms with Crippen LogP contribution in [0.15, 0.2) is 78.9 Å². The van der Waals surface area contributed by atoms with Crippen molar-refractivity contribution in [1.82, 2.24) is 0 Å². The van der Waals surface area contributed by atoms with Gasteiger partial charge in [-0.25, -0.2) is 0 Å². The molecule has 4 aromatic rings. The zero-order chi connectivity index (χ0) is 28.7. The predicted molar refractivity (Wildman–Crippen MR) is 159 cm³/mol. The third-order valence-electron chi connectivity index (χ3n) is 6.50. The lowest BCUT2D eigenvalue weighted by molar-refractivity contribution is 0.109. The minimum Gasteiger partial charge on any atom is -0.497 e. The fourth-order valence-electron chi connectivity index (χ4n) is 4.15. The molecule has 0 fully saturated rings. The number of carbonyl (C=O) groups is 2. The number of aldehydes is 2. The van der Waals surface area contributed by atoms with Crippen LogP contribution in [0, 0.1) is 23.7 Å². The third-order valence-corrected chi connectivity index (χ3v) is 6.50. The molecule has 0 aliphatic rings. The first kappa shape index (κ1) is 28.0. The van der Waals surface area contributed by atoms with Crippen LogP contribution in [-0.2, 0) is 5.41 Å². The molecule has 0 N–H and O–H groups in total. The smallest absolute Gasteiger partial charge is 0.150 e. The molecule has 0 aliphatic carbocycles. The van der Waals surface area contributed by atoms with Gasteiger partial charge in [-0.15, -0.1) is 0 Å². The lowest BCUT2D eigenvalue weighted by atomic mass is 9.82. The first-order valence-corrected chi connectivity index (χ1v) is 12.8. The van der Waals surface area contributed by atoms with E-state index in [0.29, 0.717) is 23.7 Å². The van der Waals surface area contributed by atoms with E-state index in [1.165, 1.54) is 0 Å². The summed E-state index contributed by atoms with van der Waals surface area (Å²) in [5.74, 6) is 14.8. The molecule has 0 atom stereocenters. The van der Waals surface area contributed by atoms with Crippen molar-refractivity contribution in [3.8, 4) is 46.3 Å². The van der Waals surface area contributed by atoms with E-state index < -0.39 is 0 Å². The van der Waals surface area contributed by atoms with Gasteiger partial charge < -0.3 is 9.47 Å². The Labute approximate surface area is 236 Å². The molecule has 4 aromatic carbocycles. The van der Waals surface area contributed by atoms with E-state index in [4.69, 9.17) is 9.47 Å². The second-order valence-electron chi connectivity index (χ2n) is 10.2. The minimum atomic E-state index is -0.166. The molecule has 0 amide bonds. The summed E-state index contributed by atoms with van der Waals surface area (Å²) in [5.41, 5.74) is 6.35. The van der Waals surface area contributed by atoms with Crippen LogP contribution in [0.1, 0.15) is 69.3 Å². The van der Waals surface area contributed by atoms with Crippen LogP contribution in [0.4, 0.5) is 0 Å². The Morgan fingerprint density at radius 1 is 0.600 bits per heavy atom. The first-order valence-electron chi connectivity index (χ1n) is 12.8. The summed E-state index contributed by atoms with van der Waals surface area (Å²) in [6, 6.07) is 24.5. The molecule has 0 saturated heterocycles. The molecule has 0 spiro atoms. The van der Waals surface area contributed by atoms with E-state index in [0.717, 1.165) is 50.4 Å². The van der Waals surface area contributed by atoms with Gasteiger partial charge >= 0.3 is 0 Å². The van der Waals surface area contributed by atoms with Crippen LogP contribution >= 0.6 is 0 Å². The van der Waals surface area contributed by atoms with Crippen molar-refractivity contribution >= 4 is 12.6 Å². The molecule has 0 radical (unpaired) electrons. The molecule has 0 saturated carbocycles. The Balaban J connectivity index is 1.98. The number of benzene rings is 4. The summed E-state index contributed by atoms with van der Waals surface area (Å²) in [5, 5.41) is 0. The van der Waals surface area contributed by atoms with Crippen LogP contribution in [-0.4, -0.2) is 26.8 Å². The van der Waals surface area contributed by atoms with E-state index in [-0.39, 0.29) is 5.41 Å². The summed E-state index contributed by atoms with van der Waals surface area (Å²) < 4.78 is 10.5. The number of methoxy groups -OCH3 is 2. The summed E-state index contributed by atoms with van der Waals surface area (Å²) in [6.07, 6.45) is 1.38. The van der Waals surface area contributed by atoms with Gasteiger partial charge in [0.05, 0.1) is 14.2 Å². The quantitative estimate of drug-likeness (QED) is 0.206. The SMILES string of the molecule is COc1ccc(C#Cc2cc(C(C)(C)C)cc(C#Cc3ccc(OC)cc3)c2-c2ccc(C=O)c(C=O)c2)cc1. The normalized spacial score (nSPS) is 10.4. The Bertz CT molecular complexity index is 1580. The lowest BCUT2D eigenvalue weighted by Gasteiger charge is -2.22. The highest BCUT2D eigenvalue weighted by atomic mass is 16.5. The minimum absolute atomic E-state index is 0.166. The van der Waals surface area contributed by atoms with Crippen LogP contribution in [0.5, 0.6) is 11.5 Å². The highest BCUT2D eigenvalue weighted by Crippen LogP contribution is 2.34. The molecular weight excluding hydrogens is 496 g/mol. The van der Waals surface area contributed by atoms with E-state index in [2.05, 4.69) is 56.6 Å². The average molecular weight is 527 g/mol. The molecule has 4 rings (SSSR count). The maximum atomic E-state index is 11.8. The van der Waals surface area contributed by atoms with Crippen LogP contribution in [0.3, 0.4) is 0 Å². The largest absolute Gasteiger partial charge is 0.497 e. The Kier molecular flexibility index (Phi) is 8.53. The van der Waals surface area contributed by atoms with E-state index in [1.807, 2.05) is 54.6 Å². The van der Waals surface area contributed by atoms with E-state index in [1.54, 1.807) is 26.4 Å². The molecule has 0 aromatic heterocycles. The standard InChI is InChI=1S/C36H30O4/c1-36(2,3)32-21-28(12-6-25-8-16-33(39-4)17-9-25)35(27-14-15-30(23-37)31(20-27)24-38)29(22-32)13-7-26-10-18-34(40-5)19-11-26/h8-11,14-24H,1-5H3. The summed E-state index contributed by atoms with van der Waals surface area (Å²) >= 11 is 0. The second-order valence-corrected chi connectivity index (χ2v) is 10.2. The van der Waals surface area contributed by atoms with Gasteiger partial charge in [0.15, 0.2) is 12.6 Å². The molecule has 0 heterocycles. The van der Waals surface area contributed by atoms with Crippen molar-refractivity contribution in [3.63, 3.8) is 0 Å². The van der Waals surface area contributed by atoms with Crippen molar-refractivity contribution in [2.75, 3.05) is 14.2 Å². The van der Waals surface area contributed by atoms with Gasteiger partial charge in [-0.3, -0.25) is 9.59 Å². The van der Waals surface area contributed by atoms with Crippen LogP contribution in [0.2, 0.25) is 0 Å². The van der Waals surface area contributed by atoms with Gasteiger partial charge in [0, 0.05) is 38.9 Å². The molecule has 0 unspecified atom stereocenters. The van der Waals surface area contributed by atoms with Crippen LogP contribution < -0.4 is 9.47 Å². The van der Waals surface area contributed by atoms with Gasteiger partial charge in [-0.2, -0.15) is 0 Å². The zero-order valence-electron chi connectivity index (χ0n) is 23.3. The molecular formula is C36H30O4. The fourth-order valence-corrected chi connectivity index (χ4v) is 4.15. The summed E-state index contributed by atoms with van der Waals surface area (Å²) in [6.45, 7) is 6.44. The number of ether oxygens (including phenoxy) is 2. The topological polar surface area (TPSA) is 52.6 Å². The summed E-state index contributed by atoms with van der Waals surface area (Å²) in [4.78, 5) is 23.3. The van der Waals surface area contributed by atoms with Gasteiger partial charge in [0.1, 0.15) is 11.5 Å². The van der Waals surface area contributed by atoms with Gasteiger partial charge in [-0.05, 0) is 83.3 Å². The number of carbonyl (C=O) groups excluding carboxylic acids is 2. The maximum Gasteiger partial charge on any atom is 0.150 e. The Hall–Kier alpha value is -5.06. The zero-order valence-corrected chi connectivity index (χ0v) is 23.3. The molecule has 40 heavy (non-hydrogen) atoms. The molecule has 0 bridgehead atoms. The highest BCUT2D eigenvalue weighted by molar-refractivity contribution is 5.93. The van der Waals surface area contributed by atoms with Crippen molar-refractivity contribution < 1.29 is 19.1 Å². The third kappa shape index (κ3) is 6.49. The lowest BCUT2D eigenvalue weighted by Crippen LogP contribution is -2.12. The molecule has 4 nitrogen and oxygen atoms in total. The summed E-state index contributed by atoms with van der Waals surface area (Å²) in [7, 11) is 3.26. The fraction of sp³-hybridized carbons (Fsp3) is 0.167. The molecule has 4 heteroatoms. The highest BCUT2D eigenvalue weighted by Gasteiger charge is 2.19. The van der Waals surface area contributed by atoms with E-state index in [9.17, 15) is 9.59 Å². The van der Waals surface area contributed by atoms with Crippen molar-refractivity contribution in [3.05, 3.63) is 118 Å². The molecule has 198 valence electrons. The van der Waals surface area contributed by atoms with E-state index >= 15 is 0 Å². The average Bonchev–Trinajstić information content (AvgIpc) is 2.98. The van der Waals surface area contributed by atoms with Gasteiger partial charge in [-0.1, -0.05) is 56.6 Å². The second kappa shape index (κ2) is 12.2. The Morgan fingerprint density at radius 3 is 1.48 bits per heavy atom. The first-order chi connectivity index (χ1) is 19.2. The van der Waals surface area contributed by atoms with Crippen molar-refractivity contribution in [2.24, 2.45) is 0 Å². The number of hydrogen-bond donors (Lipinski definition) is 0.